The summed E-state index contributed by atoms with van der Waals surface area (Å²) in [7, 11) is 0. The fourth-order valence-corrected chi connectivity index (χ4v) is 4.35. The maximum Gasteiger partial charge on any atom is 0.410 e. The fourth-order valence-electron chi connectivity index (χ4n) is 4.06. The molecule has 1 amide bonds. The van der Waals surface area contributed by atoms with Gasteiger partial charge in [-0.3, -0.25) is 4.90 Å². The van der Waals surface area contributed by atoms with E-state index >= 15 is 0 Å². The van der Waals surface area contributed by atoms with Gasteiger partial charge in [-0.15, -0.1) is 0 Å². The van der Waals surface area contributed by atoms with Gasteiger partial charge in [0.15, 0.2) is 0 Å². The highest BCUT2D eigenvalue weighted by molar-refractivity contribution is 6.32. The largest absolute Gasteiger partial charge is 0.445 e. The summed E-state index contributed by atoms with van der Waals surface area (Å²) < 4.78 is 18.9. The molecule has 2 aliphatic heterocycles. The number of halogens is 2. The zero-order valence-electron chi connectivity index (χ0n) is 14.9. The molecule has 4 rings (SSSR count). The molecule has 3 nitrogen and oxygen atoms in total. The fraction of sp³-hybridized carbons (Fsp3) is 0.318. The average molecular weight is 386 g/mol. The predicted octanol–water partition coefficient (Wildman–Crippen LogP) is 5.83. The molecule has 0 radical (unpaired) electrons. The van der Waals surface area contributed by atoms with E-state index in [0.29, 0.717) is 11.4 Å². The molecule has 27 heavy (non-hydrogen) atoms. The van der Waals surface area contributed by atoms with Crippen molar-refractivity contribution in [1.29, 1.82) is 0 Å². The topological polar surface area (TPSA) is 29.5 Å². The quantitative estimate of drug-likeness (QED) is 0.665. The zero-order chi connectivity index (χ0) is 18.8. The smallest absolute Gasteiger partial charge is 0.410 e. The monoisotopic (exact) mass is 385 g/mol. The van der Waals surface area contributed by atoms with Crippen molar-refractivity contribution < 1.29 is 13.9 Å². The zero-order valence-corrected chi connectivity index (χ0v) is 15.7. The van der Waals surface area contributed by atoms with Crippen LogP contribution < -0.4 is 0 Å². The lowest BCUT2D eigenvalue weighted by Gasteiger charge is -2.44. The number of piperidine rings is 1. The summed E-state index contributed by atoms with van der Waals surface area (Å²) >= 11 is 6.25. The first kappa shape index (κ1) is 18.1. The molecule has 1 saturated heterocycles. The lowest BCUT2D eigenvalue weighted by molar-refractivity contribution is 0.0510. The van der Waals surface area contributed by atoms with Crippen LogP contribution in [-0.2, 0) is 11.3 Å². The van der Waals surface area contributed by atoms with Gasteiger partial charge in [-0.2, -0.15) is 0 Å². The lowest BCUT2D eigenvalue weighted by Crippen LogP contribution is -2.51. The minimum atomic E-state index is -0.341. The van der Waals surface area contributed by atoms with Crippen molar-refractivity contribution in [2.24, 2.45) is 0 Å². The molecule has 140 valence electrons. The normalized spacial score (nSPS) is 21.6. The molecule has 2 bridgehead atoms. The third-order valence-electron chi connectivity index (χ3n) is 5.33. The van der Waals surface area contributed by atoms with Crippen LogP contribution in [0, 0.1) is 5.82 Å². The molecule has 0 aliphatic carbocycles. The minimum Gasteiger partial charge on any atom is -0.445 e. The van der Waals surface area contributed by atoms with Crippen LogP contribution in [0.1, 0.15) is 36.8 Å². The van der Waals surface area contributed by atoms with Gasteiger partial charge < -0.3 is 4.74 Å². The molecule has 0 spiro atoms. The van der Waals surface area contributed by atoms with Gasteiger partial charge in [-0.25, -0.2) is 9.18 Å². The summed E-state index contributed by atoms with van der Waals surface area (Å²) in [4.78, 5) is 14.6. The van der Waals surface area contributed by atoms with Crippen LogP contribution >= 0.6 is 11.6 Å². The van der Waals surface area contributed by atoms with Gasteiger partial charge in [-0.1, -0.05) is 54.1 Å². The molecule has 0 saturated carbocycles. The van der Waals surface area contributed by atoms with Gasteiger partial charge >= 0.3 is 6.09 Å². The van der Waals surface area contributed by atoms with Crippen molar-refractivity contribution in [3.8, 4) is 0 Å². The van der Waals surface area contributed by atoms with E-state index in [2.05, 4.69) is 6.08 Å². The number of nitrogens with zero attached hydrogens (tertiary/aromatic N) is 1. The molecule has 2 atom stereocenters. The van der Waals surface area contributed by atoms with Gasteiger partial charge in [-0.05, 0) is 54.5 Å². The molecule has 2 aromatic rings. The van der Waals surface area contributed by atoms with Gasteiger partial charge in [0.1, 0.15) is 12.4 Å². The Balaban J connectivity index is 1.52. The predicted molar refractivity (Wildman–Crippen MR) is 104 cm³/mol. The average Bonchev–Trinajstić information content (AvgIpc) is 2.66. The summed E-state index contributed by atoms with van der Waals surface area (Å²) in [5, 5.41) is 0.416. The number of rotatable bonds is 3. The Hall–Kier alpha value is -2.33. The SMILES string of the molecule is O=C(OCc1ccccc1)N1C2C=C(c3ccc(F)cc3Cl)CC1CCC2. The first-order valence-corrected chi connectivity index (χ1v) is 9.65. The Labute approximate surface area is 163 Å². The summed E-state index contributed by atoms with van der Waals surface area (Å²) in [5.41, 5.74) is 2.91. The number of amides is 1. The summed E-state index contributed by atoms with van der Waals surface area (Å²) in [5.74, 6) is -0.341. The van der Waals surface area contributed by atoms with Gasteiger partial charge in [0.05, 0.1) is 11.1 Å². The van der Waals surface area contributed by atoms with Crippen molar-refractivity contribution in [3.63, 3.8) is 0 Å². The van der Waals surface area contributed by atoms with E-state index in [0.717, 1.165) is 36.0 Å². The van der Waals surface area contributed by atoms with Crippen LogP contribution in [0.5, 0.6) is 0 Å². The van der Waals surface area contributed by atoms with Crippen LogP contribution in [0.3, 0.4) is 0 Å². The highest BCUT2D eigenvalue weighted by Crippen LogP contribution is 2.39. The second-order valence-electron chi connectivity index (χ2n) is 7.12. The molecule has 2 aliphatic rings. The highest BCUT2D eigenvalue weighted by Gasteiger charge is 2.38. The third kappa shape index (κ3) is 3.86. The molecule has 1 fully saturated rings. The first-order valence-electron chi connectivity index (χ1n) is 9.27. The van der Waals surface area contributed by atoms with Gasteiger partial charge in [0, 0.05) is 6.04 Å². The Morgan fingerprint density at radius 2 is 2.00 bits per heavy atom. The highest BCUT2D eigenvalue weighted by atomic mass is 35.5. The van der Waals surface area contributed by atoms with Crippen LogP contribution in [0.15, 0.2) is 54.6 Å². The Bertz CT molecular complexity index is 868. The molecule has 0 N–H and O–H groups in total. The Kier molecular flexibility index (Phi) is 5.17. The van der Waals surface area contributed by atoms with E-state index in [1.807, 2.05) is 35.2 Å². The van der Waals surface area contributed by atoms with E-state index in [-0.39, 0.29) is 30.6 Å². The second kappa shape index (κ2) is 7.73. The molecule has 0 aromatic heterocycles. The molecular formula is C22H21ClFNO2. The Morgan fingerprint density at radius 1 is 1.19 bits per heavy atom. The number of benzene rings is 2. The number of hydrogen-bond acceptors (Lipinski definition) is 2. The van der Waals surface area contributed by atoms with E-state index in [4.69, 9.17) is 16.3 Å². The van der Waals surface area contributed by atoms with Crippen molar-refractivity contribution in [2.45, 2.75) is 44.4 Å². The Morgan fingerprint density at radius 3 is 2.74 bits per heavy atom. The molecule has 2 aromatic carbocycles. The van der Waals surface area contributed by atoms with Crippen LogP contribution in [0.25, 0.3) is 5.57 Å². The van der Waals surface area contributed by atoms with Crippen molar-refractivity contribution in [3.05, 3.63) is 76.6 Å². The second-order valence-corrected chi connectivity index (χ2v) is 7.53. The maximum absolute atomic E-state index is 13.4. The molecular weight excluding hydrogens is 365 g/mol. The van der Waals surface area contributed by atoms with Gasteiger partial charge in [0.2, 0.25) is 0 Å². The van der Waals surface area contributed by atoms with E-state index in [9.17, 15) is 9.18 Å². The van der Waals surface area contributed by atoms with E-state index in [1.165, 1.54) is 12.1 Å². The number of ether oxygens (including phenoxy) is 1. The summed E-state index contributed by atoms with van der Waals surface area (Å²) in [6.07, 6.45) is 5.46. The van der Waals surface area contributed by atoms with E-state index in [1.54, 1.807) is 6.07 Å². The number of hydrogen-bond donors (Lipinski definition) is 0. The van der Waals surface area contributed by atoms with Crippen molar-refractivity contribution >= 4 is 23.3 Å². The summed E-state index contributed by atoms with van der Waals surface area (Å²) in [6.45, 7) is 0.274. The lowest BCUT2D eigenvalue weighted by atomic mass is 9.83. The van der Waals surface area contributed by atoms with Gasteiger partial charge in [0.25, 0.3) is 0 Å². The molecule has 2 unspecified atom stereocenters. The molecule has 2 heterocycles. The van der Waals surface area contributed by atoms with Crippen LogP contribution in [0.2, 0.25) is 5.02 Å². The maximum atomic E-state index is 13.4. The number of fused-ring (bicyclic) bond motifs is 2. The standard InChI is InChI=1S/C22H21ClFNO2/c23-21-13-17(24)9-10-20(21)16-11-18-7-4-8-19(12-16)25(18)22(26)27-14-15-5-2-1-3-6-15/h1-3,5-6,9-11,13,18-19H,4,7-8,12,14H2. The van der Waals surface area contributed by atoms with Crippen molar-refractivity contribution in [1.82, 2.24) is 4.90 Å². The third-order valence-corrected chi connectivity index (χ3v) is 5.64. The number of carbonyl (C=O) groups is 1. The summed E-state index contributed by atoms with van der Waals surface area (Å²) in [6, 6.07) is 14.3. The van der Waals surface area contributed by atoms with Crippen LogP contribution in [-0.4, -0.2) is 23.1 Å². The molecule has 5 heteroatoms. The first-order chi connectivity index (χ1) is 13.1. The number of carbonyl (C=O) groups excluding carboxylic acids is 1. The van der Waals surface area contributed by atoms with Crippen molar-refractivity contribution in [2.75, 3.05) is 0 Å². The van der Waals surface area contributed by atoms with E-state index < -0.39 is 0 Å². The van der Waals surface area contributed by atoms with Crippen LogP contribution in [0.4, 0.5) is 9.18 Å². The minimum absolute atomic E-state index is 0.00288.